The highest BCUT2D eigenvalue weighted by molar-refractivity contribution is 5.65. The molecular weight excluding hydrogens is 440 g/mol. The maximum absolute atomic E-state index is 6.42. The summed E-state index contributed by atoms with van der Waals surface area (Å²) in [7, 11) is 6.52. The molecule has 0 bridgehead atoms. The maximum atomic E-state index is 6.42. The zero-order chi connectivity index (χ0) is 24.4. The number of fused-ring (bicyclic) bond motifs is 2. The molecule has 0 spiro atoms. The first-order chi connectivity index (χ1) is 16.4. The SMILES string of the molecule is COc1cc2c(c(OC)c1C(C)CC1COc3c(cc(C(C)C)c(OC)c3OC)O1)OCCO2. The normalized spacial score (nSPS) is 17.2. The van der Waals surface area contributed by atoms with Gasteiger partial charge in [0.25, 0.3) is 0 Å². The van der Waals surface area contributed by atoms with Crippen LogP contribution in [0.4, 0.5) is 0 Å². The van der Waals surface area contributed by atoms with Crippen LogP contribution in [0.5, 0.6) is 46.0 Å². The summed E-state index contributed by atoms with van der Waals surface area (Å²) in [6.45, 7) is 7.67. The third-order valence-corrected chi connectivity index (χ3v) is 6.25. The summed E-state index contributed by atoms with van der Waals surface area (Å²) in [5.74, 6) is 5.29. The standard InChI is InChI=1S/C26H34O8/c1-14(2)17-11-20-24(26(30-7)22(17)28-5)33-13-16(34-20)10-15(3)21-18(27-4)12-19-23(25(21)29-6)32-9-8-31-19/h11-12,14-16H,8-10,13H2,1-7H3. The molecule has 0 radical (unpaired) electrons. The molecule has 2 aromatic rings. The van der Waals surface area contributed by atoms with Gasteiger partial charge in [-0.3, -0.25) is 0 Å². The fraction of sp³-hybridized carbons (Fsp3) is 0.538. The average molecular weight is 475 g/mol. The molecule has 2 heterocycles. The minimum Gasteiger partial charge on any atom is -0.496 e. The van der Waals surface area contributed by atoms with E-state index in [0.717, 1.165) is 11.1 Å². The third kappa shape index (κ3) is 4.21. The lowest BCUT2D eigenvalue weighted by Crippen LogP contribution is -2.31. The Kier molecular flexibility index (Phi) is 7.05. The first-order valence-electron chi connectivity index (χ1n) is 11.6. The molecule has 2 atom stereocenters. The second-order valence-corrected chi connectivity index (χ2v) is 8.75. The van der Waals surface area contributed by atoms with Gasteiger partial charge in [-0.05, 0) is 24.3 Å². The van der Waals surface area contributed by atoms with Crippen molar-refractivity contribution in [2.24, 2.45) is 0 Å². The molecule has 2 aliphatic heterocycles. The molecule has 34 heavy (non-hydrogen) atoms. The number of benzene rings is 2. The number of methoxy groups -OCH3 is 4. The Bertz CT molecular complexity index is 1030. The summed E-state index contributed by atoms with van der Waals surface area (Å²) in [6.07, 6.45) is 0.500. The van der Waals surface area contributed by atoms with Crippen molar-refractivity contribution in [3.8, 4) is 46.0 Å². The lowest BCUT2D eigenvalue weighted by Gasteiger charge is -2.32. The van der Waals surface area contributed by atoms with Crippen molar-refractivity contribution in [3.05, 3.63) is 23.3 Å². The fourth-order valence-electron chi connectivity index (χ4n) is 4.67. The first kappa shape index (κ1) is 24.0. The number of hydrogen-bond acceptors (Lipinski definition) is 8. The largest absolute Gasteiger partial charge is 0.496 e. The molecule has 0 aliphatic carbocycles. The van der Waals surface area contributed by atoms with Gasteiger partial charge >= 0.3 is 0 Å². The molecule has 0 saturated carbocycles. The van der Waals surface area contributed by atoms with Gasteiger partial charge in [0.1, 0.15) is 31.7 Å². The van der Waals surface area contributed by atoms with Crippen LogP contribution in [0.25, 0.3) is 0 Å². The van der Waals surface area contributed by atoms with Crippen LogP contribution in [0.15, 0.2) is 12.1 Å². The molecule has 0 aromatic heterocycles. The fourth-order valence-corrected chi connectivity index (χ4v) is 4.67. The van der Waals surface area contributed by atoms with E-state index in [4.69, 9.17) is 37.9 Å². The van der Waals surface area contributed by atoms with Crippen molar-refractivity contribution < 1.29 is 37.9 Å². The van der Waals surface area contributed by atoms with Crippen molar-refractivity contribution in [2.75, 3.05) is 48.3 Å². The molecule has 2 unspecified atom stereocenters. The van der Waals surface area contributed by atoms with Gasteiger partial charge in [0.15, 0.2) is 23.0 Å². The Morgan fingerprint density at radius 2 is 1.47 bits per heavy atom. The van der Waals surface area contributed by atoms with E-state index < -0.39 is 0 Å². The highest BCUT2D eigenvalue weighted by atomic mass is 16.6. The van der Waals surface area contributed by atoms with E-state index in [2.05, 4.69) is 20.8 Å². The molecule has 8 nitrogen and oxygen atoms in total. The van der Waals surface area contributed by atoms with Gasteiger partial charge in [0.2, 0.25) is 17.2 Å². The summed E-state index contributed by atoms with van der Waals surface area (Å²) >= 11 is 0. The molecule has 0 amide bonds. The zero-order valence-corrected chi connectivity index (χ0v) is 21.0. The summed E-state index contributed by atoms with van der Waals surface area (Å²) in [5.41, 5.74) is 1.92. The number of ether oxygens (including phenoxy) is 8. The molecule has 0 saturated heterocycles. The minimum atomic E-state index is -0.178. The number of rotatable bonds is 8. The van der Waals surface area contributed by atoms with Crippen LogP contribution in [0.1, 0.15) is 50.2 Å². The van der Waals surface area contributed by atoms with Crippen LogP contribution in [0.2, 0.25) is 0 Å². The van der Waals surface area contributed by atoms with Gasteiger partial charge in [-0.2, -0.15) is 0 Å². The average Bonchev–Trinajstić information content (AvgIpc) is 2.85. The van der Waals surface area contributed by atoms with Gasteiger partial charge in [-0.15, -0.1) is 0 Å². The number of hydrogen-bond donors (Lipinski definition) is 0. The Balaban J connectivity index is 1.63. The van der Waals surface area contributed by atoms with Crippen molar-refractivity contribution >= 4 is 0 Å². The summed E-state index contributed by atoms with van der Waals surface area (Å²) in [4.78, 5) is 0. The van der Waals surface area contributed by atoms with E-state index >= 15 is 0 Å². The smallest absolute Gasteiger partial charge is 0.207 e. The lowest BCUT2D eigenvalue weighted by atomic mass is 9.92. The summed E-state index contributed by atoms with van der Waals surface area (Å²) in [5, 5.41) is 0. The zero-order valence-electron chi connectivity index (χ0n) is 21.0. The van der Waals surface area contributed by atoms with Crippen molar-refractivity contribution in [3.63, 3.8) is 0 Å². The molecular formula is C26H34O8. The topological polar surface area (TPSA) is 73.8 Å². The van der Waals surface area contributed by atoms with E-state index in [0.29, 0.717) is 72.2 Å². The van der Waals surface area contributed by atoms with Crippen LogP contribution in [0.3, 0.4) is 0 Å². The highest BCUT2D eigenvalue weighted by Crippen LogP contribution is 2.52. The molecule has 186 valence electrons. The highest BCUT2D eigenvalue weighted by Gasteiger charge is 2.33. The van der Waals surface area contributed by atoms with Crippen LogP contribution < -0.4 is 37.9 Å². The summed E-state index contributed by atoms with van der Waals surface area (Å²) < 4.78 is 46.9. The second-order valence-electron chi connectivity index (χ2n) is 8.75. The van der Waals surface area contributed by atoms with Crippen LogP contribution >= 0.6 is 0 Å². The van der Waals surface area contributed by atoms with Gasteiger partial charge < -0.3 is 37.9 Å². The van der Waals surface area contributed by atoms with Gasteiger partial charge in [-0.25, -0.2) is 0 Å². The van der Waals surface area contributed by atoms with Crippen LogP contribution in [0, 0.1) is 0 Å². The van der Waals surface area contributed by atoms with Crippen molar-refractivity contribution in [1.29, 1.82) is 0 Å². The van der Waals surface area contributed by atoms with E-state index in [1.165, 1.54) is 0 Å². The minimum absolute atomic E-state index is 0.0283. The van der Waals surface area contributed by atoms with E-state index in [1.54, 1.807) is 28.4 Å². The van der Waals surface area contributed by atoms with Gasteiger partial charge in [-0.1, -0.05) is 20.8 Å². The molecule has 2 aromatic carbocycles. The Morgan fingerprint density at radius 1 is 0.794 bits per heavy atom. The Hall–Kier alpha value is -3.16. The van der Waals surface area contributed by atoms with Crippen molar-refractivity contribution in [1.82, 2.24) is 0 Å². The molecule has 0 N–H and O–H groups in total. The predicted molar refractivity (Wildman–Crippen MR) is 127 cm³/mol. The molecule has 2 aliphatic rings. The quantitative estimate of drug-likeness (QED) is 0.532. The predicted octanol–water partition coefficient (Wildman–Crippen LogP) is 4.95. The molecule has 4 rings (SSSR count). The van der Waals surface area contributed by atoms with Crippen LogP contribution in [-0.4, -0.2) is 54.4 Å². The van der Waals surface area contributed by atoms with E-state index in [-0.39, 0.29) is 17.9 Å². The van der Waals surface area contributed by atoms with Gasteiger partial charge in [0, 0.05) is 17.2 Å². The molecule has 8 heteroatoms. The summed E-state index contributed by atoms with van der Waals surface area (Å²) in [6, 6.07) is 3.85. The van der Waals surface area contributed by atoms with E-state index in [9.17, 15) is 0 Å². The first-order valence-corrected chi connectivity index (χ1v) is 11.6. The van der Waals surface area contributed by atoms with Crippen molar-refractivity contribution in [2.45, 2.75) is 45.1 Å². The van der Waals surface area contributed by atoms with E-state index in [1.807, 2.05) is 12.1 Å². The lowest BCUT2D eigenvalue weighted by molar-refractivity contribution is 0.0764. The molecule has 0 fully saturated rings. The Labute approximate surface area is 200 Å². The Morgan fingerprint density at radius 3 is 2.12 bits per heavy atom. The van der Waals surface area contributed by atoms with Crippen LogP contribution in [-0.2, 0) is 0 Å². The monoisotopic (exact) mass is 474 g/mol. The second kappa shape index (κ2) is 9.99. The van der Waals surface area contributed by atoms with Gasteiger partial charge in [0.05, 0.1) is 28.4 Å². The third-order valence-electron chi connectivity index (χ3n) is 6.25. The maximum Gasteiger partial charge on any atom is 0.207 e.